The van der Waals surface area contributed by atoms with Gasteiger partial charge in [-0.2, -0.15) is 0 Å². The van der Waals surface area contributed by atoms with Gasteiger partial charge >= 0.3 is 6.36 Å². The average Bonchev–Trinajstić information content (AvgIpc) is 2.04. The van der Waals surface area contributed by atoms with Crippen molar-refractivity contribution in [2.45, 2.75) is 13.3 Å². The van der Waals surface area contributed by atoms with Crippen LogP contribution in [0.4, 0.5) is 24.7 Å². The summed E-state index contributed by atoms with van der Waals surface area (Å²) in [6.07, 6.45) is -3.77. The Balaban J connectivity index is 3.13. The Kier molecular flexibility index (Phi) is 2.41. The van der Waals surface area contributed by atoms with E-state index in [0.29, 0.717) is 0 Å². The van der Waals surface area contributed by atoms with Crippen molar-refractivity contribution in [2.24, 2.45) is 0 Å². The summed E-state index contributed by atoms with van der Waals surface area (Å²) in [6.45, 7) is 1.35. The highest BCUT2D eigenvalue weighted by Gasteiger charge is 2.33. The summed E-state index contributed by atoms with van der Waals surface area (Å²) in [7, 11) is 0. The van der Waals surface area contributed by atoms with Gasteiger partial charge in [0, 0.05) is 5.56 Å². The standard InChI is InChI=1S/C7H8F3N3O/c1-3-5(14-7(8,9)10)4(11)2-13-6(3)12/h2H,11H2,1H3,(H2,12,13). The summed E-state index contributed by atoms with van der Waals surface area (Å²) < 4.78 is 39.4. The van der Waals surface area contributed by atoms with E-state index < -0.39 is 12.1 Å². The summed E-state index contributed by atoms with van der Waals surface area (Å²) in [5.74, 6) is -0.538. The largest absolute Gasteiger partial charge is 0.573 e. The zero-order valence-electron chi connectivity index (χ0n) is 7.22. The lowest BCUT2D eigenvalue weighted by Gasteiger charge is -2.13. The maximum absolute atomic E-state index is 11.9. The van der Waals surface area contributed by atoms with E-state index in [-0.39, 0.29) is 17.1 Å². The highest BCUT2D eigenvalue weighted by Crippen LogP contribution is 2.33. The van der Waals surface area contributed by atoms with Crippen LogP contribution in [0.1, 0.15) is 5.56 Å². The molecule has 7 heteroatoms. The number of pyridine rings is 1. The number of alkyl halides is 3. The quantitative estimate of drug-likeness (QED) is 0.730. The number of nitrogen functional groups attached to an aromatic ring is 2. The van der Waals surface area contributed by atoms with Gasteiger partial charge in [0.1, 0.15) is 5.82 Å². The number of hydrogen-bond donors (Lipinski definition) is 2. The number of rotatable bonds is 1. The maximum atomic E-state index is 11.9. The molecule has 0 radical (unpaired) electrons. The molecule has 0 spiro atoms. The van der Waals surface area contributed by atoms with Gasteiger partial charge in [0.2, 0.25) is 0 Å². The molecule has 0 aliphatic heterocycles. The molecule has 14 heavy (non-hydrogen) atoms. The number of nitrogens with two attached hydrogens (primary N) is 2. The molecule has 0 unspecified atom stereocenters. The second-order valence-electron chi connectivity index (χ2n) is 2.60. The molecule has 1 rings (SSSR count). The van der Waals surface area contributed by atoms with Gasteiger partial charge in [0.05, 0.1) is 11.9 Å². The van der Waals surface area contributed by atoms with Gasteiger partial charge in [-0.1, -0.05) is 0 Å². The van der Waals surface area contributed by atoms with E-state index >= 15 is 0 Å². The Hall–Kier alpha value is -1.66. The van der Waals surface area contributed by atoms with Crippen LogP contribution in [-0.2, 0) is 0 Å². The van der Waals surface area contributed by atoms with Crippen molar-refractivity contribution in [3.05, 3.63) is 11.8 Å². The van der Waals surface area contributed by atoms with Crippen molar-refractivity contribution in [2.75, 3.05) is 11.5 Å². The molecule has 0 aliphatic carbocycles. The fraction of sp³-hybridized carbons (Fsp3) is 0.286. The Labute approximate surface area is 77.7 Å². The first-order valence-electron chi connectivity index (χ1n) is 3.57. The van der Waals surface area contributed by atoms with Gasteiger partial charge < -0.3 is 16.2 Å². The lowest BCUT2D eigenvalue weighted by Crippen LogP contribution is -2.19. The highest BCUT2D eigenvalue weighted by atomic mass is 19.4. The summed E-state index contributed by atoms with van der Waals surface area (Å²) >= 11 is 0. The van der Waals surface area contributed by atoms with Crippen molar-refractivity contribution < 1.29 is 17.9 Å². The van der Waals surface area contributed by atoms with E-state index in [0.717, 1.165) is 6.20 Å². The molecule has 0 fully saturated rings. The normalized spacial score (nSPS) is 11.4. The fourth-order valence-electron chi connectivity index (χ4n) is 0.879. The van der Waals surface area contributed by atoms with E-state index in [4.69, 9.17) is 11.5 Å². The number of hydrogen-bond acceptors (Lipinski definition) is 4. The minimum absolute atomic E-state index is 0.0431. The highest BCUT2D eigenvalue weighted by molar-refractivity contribution is 5.61. The zero-order valence-corrected chi connectivity index (χ0v) is 7.22. The summed E-state index contributed by atoms with van der Waals surface area (Å²) in [6, 6.07) is 0. The van der Waals surface area contributed by atoms with Crippen LogP contribution < -0.4 is 16.2 Å². The minimum atomic E-state index is -4.79. The van der Waals surface area contributed by atoms with Crippen LogP contribution in [0.5, 0.6) is 5.75 Å². The van der Waals surface area contributed by atoms with Crippen molar-refractivity contribution in [3.63, 3.8) is 0 Å². The molecule has 0 atom stereocenters. The first-order valence-corrected chi connectivity index (χ1v) is 3.57. The van der Waals surface area contributed by atoms with Gasteiger partial charge in [-0.25, -0.2) is 4.98 Å². The number of anilines is 2. The minimum Gasteiger partial charge on any atom is -0.403 e. The molecule has 0 aromatic carbocycles. The molecule has 0 saturated carbocycles. The Morgan fingerprint density at radius 1 is 1.36 bits per heavy atom. The first kappa shape index (κ1) is 10.4. The molecule has 4 nitrogen and oxygen atoms in total. The Bertz CT molecular complexity index is 351. The zero-order chi connectivity index (χ0) is 10.9. The van der Waals surface area contributed by atoms with Crippen molar-refractivity contribution in [3.8, 4) is 5.75 Å². The van der Waals surface area contributed by atoms with Crippen LogP contribution in [0.2, 0.25) is 0 Å². The molecular weight excluding hydrogens is 199 g/mol. The SMILES string of the molecule is Cc1c(N)ncc(N)c1OC(F)(F)F. The summed E-state index contributed by atoms with van der Waals surface area (Å²) in [5.41, 5.74) is 10.4. The molecule has 0 bridgehead atoms. The van der Waals surface area contributed by atoms with Crippen LogP contribution in [0.15, 0.2) is 6.20 Å². The molecule has 1 heterocycles. The maximum Gasteiger partial charge on any atom is 0.573 e. The van der Waals surface area contributed by atoms with E-state index in [2.05, 4.69) is 9.72 Å². The van der Waals surface area contributed by atoms with Crippen LogP contribution >= 0.6 is 0 Å². The lowest BCUT2D eigenvalue weighted by atomic mass is 10.2. The van der Waals surface area contributed by atoms with E-state index in [9.17, 15) is 13.2 Å². The average molecular weight is 207 g/mol. The molecule has 0 amide bonds. The number of halogens is 3. The third-order valence-corrected chi connectivity index (χ3v) is 1.55. The summed E-state index contributed by atoms with van der Waals surface area (Å²) in [4.78, 5) is 3.57. The molecule has 1 aromatic rings. The van der Waals surface area contributed by atoms with E-state index in [1.165, 1.54) is 6.92 Å². The molecular formula is C7H8F3N3O. The lowest BCUT2D eigenvalue weighted by molar-refractivity contribution is -0.274. The third kappa shape index (κ3) is 2.18. The van der Waals surface area contributed by atoms with Gasteiger partial charge in [0.25, 0.3) is 0 Å². The molecule has 4 N–H and O–H groups in total. The number of nitrogens with zero attached hydrogens (tertiary/aromatic N) is 1. The van der Waals surface area contributed by atoms with Crippen LogP contribution in [0.25, 0.3) is 0 Å². The van der Waals surface area contributed by atoms with Crippen LogP contribution in [0, 0.1) is 6.92 Å². The van der Waals surface area contributed by atoms with Crippen LogP contribution in [0.3, 0.4) is 0 Å². The predicted molar refractivity (Wildman–Crippen MR) is 44.5 cm³/mol. The molecule has 78 valence electrons. The second kappa shape index (κ2) is 3.24. The Morgan fingerprint density at radius 2 is 1.93 bits per heavy atom. The molecule has 0 saturated heterocycles. The molecule has 0 aliphatic rings. The van der Waals surface area contributed by atoms with Crippen LogP contribution in [-0.4, -0.2) is 11.3 Å². The van der Waals surface area contributed by atoms with Crippen molar-refractivity contribution in [1.29, 1.82) is 0 Å². The third-order valence-electron chi connectivity index (χ3n) is 1.55. The second-order valence-corrected chi connectivity index (χ2v) is 2.60. The smallest absolute Gasteiger partial charge is 0.403 e. The number of ether oxygens (including phenoxy) is 1. The van der Waals surface area contributed by atoms with E-state index in [1.54, 1.807) is 0 Å². The van der Waals surface area contributed by atoms with E-state index in [1.807, 2.05) is 0 Å². The number of aromatic nitrogens is 1. The fourth-order valence-corrected chi connectivity index (χ4v) is 0.879. The Morgan fingerprint density at radius 3 is 2.43 bits per heavy atom. The van der Waals surface area contributed by atoms with Gasteiger partial charge in [-0.05, 0) is 6.92 Å². The van der Waals surface area contributed by atoms with Crippen molar-refractivity contribution >= 4 is 11.5 Å². The first-order chi connectivity index (χ1) is 6.31. The van der Waals surface area contributed by atoms with Gasteiger partial charge in [-0.3, -0.25) is 0 Å². The monoisotopic (exact) mass is 207 g/mol. The molecule has 1 aromatic heterocycles. The van der Waals surface area contributed by atoms with Gasteiger partial charge in [0.15, 0.2) is 5.75 Å². The van der Waals surface area contributed by atoms with Crippen molar-refractivity contribution in [1.82, 2.24) is 4.98 Å². The topological polar surface area (TPSA) is 74.2 Å². The summed E-state index contributed by atoms with van der Waals surface area (Å²) in [5, 5.41) is 0. The predicted octanol–water partition coefficient (Wildman–Crippen LogP) is 1.45. The van der Waals surface area contributed by atoms with Gasteiger partial charge in [-0.15, -0.1) is 13.2 Å².